The number of aromatic amines is 1. The van der Waals surface area contributed by atoms with Crippen molar-refractivity contribution in [3.63, 3.8) is 0 Å². The molecule has 0 radical (unpaired) electrons. The number of nitrogens with zero attached hydrogens (tertiary/aromatic N) is 2. The van der Waals surface area contributed by atoms with E-state index in [-0.39, 0.29) is 43.5 Å². The molecule has 0 spiro atoms. The zero-order valence-corrected chi connectivity index (χ0v) is 13.2. The van der Waals surface area contributed by atoms with Crippen LogP contribution in [0.5, 0.6) is 5.88 Å². The monoisotopic (exact) mass is 343 g/mol. The fraction of sp³-hybridized carbons (Fsp3) is 0.533. The first kappa shape index (κ1) is 16.1. The highest BCUT2D eigenvalue weighted by molar-refractivity contribution is 6.35. The smallest absolute Gasteiger partial charge is 0.248 e. The molecule has 0 aromatic carbocycles. The fourth-order valence-electron chi connectivity index (χ4n) is 2.72. The van der Waals surface area contributed by atoms with Gasteiger partial charge in [-0.15, -0.1) is 11.6 Å². The highest BCUT2D eigenvalue weighted by atomic mass is 35.5. The summed E-state index contributed by atoms with van der Waals surface area (Å²) in [4.78, 5) is 23.2. The number of rotatable bonds is 4. The Kier molecular flexibility index (Phi) is 4.23. The van der Waals surface area contributed by atoms with Gasteiger partial charge in [-0.2, -0.15) is 0 Å². The number of halogens is 3. The molecular weight excluding hydrogens is 328 g/mol. The molecule has 2 aromatic heterocycles. The highest BCUT2D eigenvalue weighted by Crippen LogP contribution is 2.36. The number of hydrogen-bond donors (Lipinski definition) is 1. The fourth-order valence-corrected chi connectivity index (χ4v) is 2.84. The summed E-state index contributed by atoms with van der Waals surface area (Å²) in [5.41, 5.74) is 0.802. The van der Waals surface area contributed by atoms with Gasteiger partial charge in [-0.1, -0.05) is 0 Å². The van der Waals surface area contributed by atoms with Crippen LogP contribution in [0.25, 0.3) is 11.0 Å². The number of hydrogen-bond acceptors (Lipinski definition) is 4. The summed E-state index contributed by atoms with van der Waals surface area (Å²) in [6.45, 7) is 1.58. The van der Waals surface area contributed by atoms with Crippen LogP contribution >= 0.6 is 11.6 Å². The summed E-state index contributed by atoms with van der Waals surface area (Å²) >= 11 is 5.87. The lowest BCUT2D eigenvalue weighted by Crippen LogP contribution is -2.31. The number of fused-ring (bicyclic) bond motifs is 1. The van der Waals surface area contributed by atoms with Crippen LogP contribution in [-0.2, 0) is 0 Å². The Morgan fingerprint density at radius 3 is 2.78 bits per heavy atom. The van der Waals surface area contributed by atoms with Crippen molar-refractivity contribution in [2.45, 2.75) is 50.0 Å². The Balaban J connectivity index is 1.89. The first-order valence-corrected chi connectivity index (χ1v) is 7.86. The molecule has 1 atom stereocenters. The minimum absolute atomic E-state index is 0.205. The largest absolute Gasteiger partial charge is 0.474 e. The topological polar surface area (TPSA) is 67.9 Å². The summed E-state index contributed by atoms with van der Waals surface area (Å²) in [7, 11) is 0. The molecule has 3 rings (SSSR count). The van der Waals surface area contributed by atoms with E-state index >= 15 is 0 Å². The van der Waals surface area contributed by atoms with Crippen LogP contribution in [0, 0.1) is 0 Å². The molecular formula is C15H16ClF2N3O2. The molecule has 0 aliphatic heterocycles. The lowest BCUT2D eigenvalue weighted by atomic mass is 9.94. The van der Waals surface area contributed by atoms with Crippen molar-refractivity contribution in [3.8, 4) is 5.88 Å². The summed E-state index contributed by atoms with van der Waals surface area (Å²) in [5.74, 6) is -2.66. The highest BCUT2D eigenvalue weighted by Gasteiger charge is 2.36. The Hall–Kier alpha value is -1.76. The summed E-state index contributed by atoms with van der Waals surface area (Å²) < 4.78 is 32.3. The van der Waals surface area contributed by atoms with Crippen LogP contribution in [0.1, 0.15) is 43.0 Å². The number of ether oxygens (including phenoxy) is 1. The van der Waals surface area contributed by atoms with Crippen molar-refractivity contribution in [1.29, 1.82) is 0 Å². The van der Waals surface area contributed by atoms with Gasteiger partial charge >= 0.3 is 0 Å². The third-order valence-electron chi connectivity index (χ3n) is 4.00. The molecule has 2 aromatic rings. The summed E-state index contributed by atoms with van der Waals surface area (Å²) in [6, 6.07) is 0. The van der Waals surface area contributed by atoms with Crippen molar-refractivity contribution in [2.75, 3.05) is 0 Å². The lowest BCUT2D eigenvalue weighted by Gasteiger charge is -2.28. The van der Waals surface area contributed by atoms with Crippen LogP contribution in [0.15, 0.2) is 12.5 Å². The van der Waals surface area contributed by atoms with E-state index < -0.39 is 11.3 Å². The summed E-state index contributed by atoms with van der Waals surface area (Å²) in [6.07, 6.45) is 2.56. The Bertz CT molecular complexity index is 723. The van der Waals surface area contributed by atoms with Crippen molar-refractivity contribution in [1.82, 2.24) is 15.0 Å². The molecule has 2 heterocycles. The molecule has 1 N–H and O–H groups in total. The van der Waals surface area contributed by atoms with E-state index in [2.05, 4.69) is 15.0 Å². The molecule has 23 heavy (non-hydrogen) atoms. The number of carbonyl (C=O) groups excluding carboxylic acids is 1. The van der Waals surface area contributed by atoms with Gasteiger partial charge in [0.2, 0.25) is 11.8 Å². The Labute approximate surface area is 136 Å². The molecule has 0 saturated heterocycles. The predicted octanol–water partition coefficient (Wildman–Crippen LogP) is 3.72. The van der Waals surface area contributed by atoms with E-state index in [1.807, 2.05) is 0 Å². The second kappa shape index (κ2) is 6.03. The van der Waals surface area contributed by atoms with Crippen LogP contribution in [0.3, 0.4) is 0 Å². The zero-order chi connectivity index (χ0) is 16.6. The van der Waals surface area contributed by atoms with Crippen LogP contribution in [0.2, 0.25) is 0 Å². The maximum Gasteiger partial charge on any atom is 0.248 e. The quantitative estimate of drug-likeness (QED) is 0.678. The van der Waals surface area contributed by atoms with E-state index in [1.165, 1.54) is 12.5 Å². The maximum absolute atomic E-state index is 13.2. The SMILES string of the molecule is CC(Cl)C(=O)c1c[nH]c2ncnc(OC3CCC(F)(F)CC3)c12. The van der Waals surface area contributed by atoms with Gasteiger partial charge in [0.1, 0.15) is 18.1 Å². The number of ketones is 1. The molecule has 1 aliphatic rings. The summed E-state index contributed by atoms with van der Waals surface area (Å²) in [5, 5.41) is -0.252. The van der Waals surface area contributed by atoms with Crippen LogP contribution < -0.4 is 4.74 Å². The molecule has 8 heteroatoms. The third-order valence-corrected chi connectivity index (χ3v) is 4.20. The van der Waals surface area contributed by atoms with Crippen molar-refractivity contribution < 1.29 is 18.3 Å². The predicted molar refractivity (Wildman–Crippen MR) is 81.4 cm³/mol. The van der Waals surface area contributed by atoms with E-state index in [0.717, 1.165) is 0 Å². The molecule has 5 nitrogen and oxygen atoms in total. The molecule has 1 unspecified atom stereocenters. The molecule has 124 valence electrons. The first-order chi connectivity index (χ1) is 10.9. The first-order valence-electron chi connectivity index (χ1n) is 7.42. The molecule has 0 bridgehead atoms. The number of nitrogens with one attached hydrogen (secondary N) is 1. The van der Waals surface area contributed by atoms with Crippen molar-refractivity contribution >= 4 is 28.4 Å². The van der Waals surface area contributed by atoms with Gasteiger partial charge in [0, 0.05) is 19.0 Å². The molecule has 1 fully saturated rings. The van der Waals surface area contributed by atoms with E-state index in [9.17, 15) is 13.6 Å². The van der Waals surface area contributed by atoms with Gasteiger partial charge in [0.05, 0.1) is 16.3 Å². The van der Waals surface area contributed by atoms with Gasteiger partial charge in [-0.3, -0.25) is 4.79 Å². The van der Waals surface area contributed by atoms with Crippen molar-refractivity contribution in [3.05, 3.63) is 18.1 Å². The maximum atomic E-state index is 13.2. The second-order valence-electron chi connectivity index (χ2n) is 5.76. The van der Waals surface area contributed by atoms with Gasteiger partial charge < -0.3 is 9.72 Å². The third kappa shape index (κ3) is 3.29. The Morgan fingerprint density at radius 2 is 2.13 bits per heavy atom. The minimum atomic E-state index is -2.62. The Morgan fingerprint density at radius 1 is 1.43 bits per heavy atom. The molecule has 1 saturated carbocycles. The second-order valence-corrected chi connectivity index (χ2v) is 6.41. The number of aromatic nitrogens is 3. The number of alkyl halides is 3. The van der Waals surface area contributed by atoms with E-state index in [0.29, 0.717) is 16.6 Å². The van der Waals surface area contributed by atoms with Crippen molar-refractivity contribution in [2.24, 2.45) is 0 Å². The van der Waals surface area contributed by atoms with Gasteiger partial charge in [0.25, 0.3) is 0 Å². The lowest BCUT2D eigenvalue weighted by molar-refractivity contribution is -0.0586. The molecule has 1 aliphatic carbocycles. The van der Waals surface area contributed by atoms with E-state index in [4.69, 9.17) is 16.3 Å². The van der Waals surface area contributed by atoms with Crippen LogP contribution in [-0.4, -0.2) is 38.1 Å². The average Bonchev–Trinajstić information content (AvgIpc) is 2.93. The molecule has 0 amide bonds. The number of carbonyl (C=O) groups is 1. The zero-order valence-electron chi connectivity index (χ0n) is 12.5. The number of Topliss-reactive ketones (excluding diaryl/α,β-unsaturated/α-hetero) is 1. The van der Waals surface area contributed by atoms with Gasteiger partial charge in [-0.05, 0) is 19.8 Å². The minimum Gasteiger partial charge on any atom is -0.474 e. The van der Waals surface area contributed by atoms with E-state index in [1.54, 1.807) is 6.92 Å². The number of H-pyrrole nitrogens is 1. The standard InChI is InChI=1S/C15H16ClF2N3O2/c1-8(16)12(22)10-6-19-13-11(10)14(21-7-20-13)23-9-2-4-15(17,18)5-3-9/h6-9H,2-5H2,1H3,(H,19,20,21). The van der Waals surface area contributed by atoms with Crippen LogP contribution in [0.4, 0.5) is 8.78 Å². The van der Waals surface area contributed by atoms with Gasteiger partial charge in [0.15, 0.2) is 5.78 Å². The average molecular weight is 344 g/mol. The normalized spacial score (nSPS) is 19.7. The van der Waals surface area contributed by atoms with Gasteiger partial charge in [-0.25, -0.2) is 18.7 Å².